The van der Waals surface area contributed by atoms with Gasteiger partial charge >= 0.3 is 0 Å². The van der Waals surface area contributed by atoms with Crippen molar-refractivity contribution in [2.24, 2.45) is 0 Å². The highest BCUT2D eigenvalue weighted by Gasteiger charge is 2.15. The lowest BCUT2D eigenvalue weighted by atomic mass is 9.87. The lowest BCUT2D eigenvalue weighted by Gasteiger charge is -2.20. The summed E-state index contributed by atoms with van der Waals surface area (Å²) in [4.78, 5) is 0. The van der Waals surface area contributed by atoms with Crippen LogP contribution in [0.5, 0.6) is 0 Å². The van der Waals surface area contributed by atoms with Gasteiger partial charge in [0.1, 0.15) is 0 Å². The van der Waals surface area contributed by atoms with Gasteiger partial charge in [-0.25, -0.2) is 8.42 Å². The Bertz CT molecular complexity index is 489. The predicted molar refractivity (Wildman–Crippen MR) is 71.3 cm³/mol. The van der Waals surface area contributed by atoms with Gasteiger partial charge < -0.3 is 0 Å². The van der Waals surface area contributed by atoms with Gasteiger partial charge in [-0.15, -0.1) is 0 Å². The number of benzene rings is 1. The van der Waals surface area contributed by atoms with Crippen molar-refractivity contribution in [1.82, 2.24) is 0 Å². The van der Waals surface area contributed by atoms with Gasteiger partial charge in [0, 0.05) is 4.47 Å². The second-order valence-corrected chi connectivity index (χ2v) is 7.42. The van der Waals surface area contributed by atoms with Crippen molar-refractivity contribution < 1.29 is 8.42 Å². The van der Waals surface area contributed by atoms with Crippen LogP contribution in [0, 0.1) is 0 Å². The summed E-state index contributed by atoms with van der Waals surface area (Å²) >= 11 is 3.37. The van der Waals surface area contributed by atoms with Crippen molar-refractivity contribution in [1.29, 1.82) is 0 Å². The van der Waals surface area contributed by atoms with E-state index in [4.69, 9.17) is 0 Å². The molecule has 1 rings (SSSR count). The van der Waals surface area contributed by atoms with Crippen molar-refractivity contribution in [2.45, 2.75) is 26.2 Å². The first-order valence-electron chi connectivity index (χ1n) is 4.87. The standard InChI is InChI=1S/C11H16BrNO2S/c1-11(2,3)8-5-6-10(9(12)7-8)13-16(4,14)15/h5-7,13H,1-4H3. The van der Waals surface area contributed by atoms with Gasteiger partial charge in [-0.2, -0.15) is 0 Å². The molecule has 16 heavy (non-hydrogen) atoms. The van der Waals surface area contributed by atoms with Crippen molar-refractivity contribution >= 4 is 31.6 Å². The van der Waals surface area contributed by atoms with Crippen LogP contribution in [0.4, 0.5) is 5.69 Å². The Labute approximate surface area is 105 Å². The number of nitrogens with one attached hydrogen (secondary N) is 1. The minimum absolute atomic E-state index is 0.0478. The van der Waals surface area contributed by atoms with E-state index in [1.165, 1.54) is 0 Å². The zero-order chi connectivity index (χ0) is 12.6. The summed E-state index contributed by atoms with van der Waals surface area (Å²) < 4.78 is 25.4. The number of rotatable bonds is 2. The number of halogens is 1. The van der Waals surface area contributed by atoms with Gasteiger partial charge in [-0.1, -0.05) is 26.8 Å². The topological polar surface area (TPSA) is 46.2 Å². The summed E-state index contributed by atoms with van der Waals surface area (Å²) in [6.07, 6.45) is 1.14. The van der Waals surface area contributed by atoms with E-state index >= 15 is 0 Å². The average Bonchev–Trinajstić information content (AvgIpc) is 2.04. The molecule has 0 aliphatic carbocycles. The largest absolute Gasteiger partial charge is 0.283 e. The Morgan fingerprint density at radius 1 is 1.25 bits per heavy atom. The van der Waals surface area contributed by atoms with Crippen LogP contribution in [0.3, 0.4) is 0 Å². The van der Waals surface area contributed by atoms with Crippen LogP contribution in [0.2, 0.25) is 0 Å². The Balaban J connectivity index is 3.11. The summed E-state index contributed by atoms with van der Waals surface area (Å²) in [5, 5.41) is 0. The van der Waals surface area contributed by atoms with Gasteiger partial charge in [0.05, 0.1) is 11.9 Å². The van der Waals surface area contributed by atoms with E-state index in [-0.39, 0.29) is 5.41 Å². The normalized spacial score (nSPS) is 12.6. The molecule has 0 saturated heterocycles. The SMILES string of the molecule is CC(C)(C)c1ccc(NS(C)(=O)=O)c(Br)c1. The molecule has 0 fully saturated rings. The minimum atomic E-state index is -3.23. The number of hydrogen-bond donors (Lipinski definition) is 1. The van der Waals surface area contributed by atoms with Crippen molar-refractivity contribution in [3.8, 4) is 0 Å². The predicted octanol–water partition coefficient (Wildman–Crippen LogP) is 3.12. The van der Waals surface area contributed by atoms with Crippen LogP contribution in [0.15, 0.2) is 22.7 Å². The second kappa shape index (κ2) is 4.37. The molecule has 0 saturated carbocycles. The molecule has 0 bridgehead atoms. The zero-order valence-electron chi connectivity index (χ0n) is 9.83. The van der Waals surface area contributed by atoms with Crippen molar-refractivity contribution in [3.63, 3.8) is 0 Å². The molecule has 0 aromatic heterocycles. The van der Waals surface area contributed by atoms with E-state index in [2.05, 4.69) is 41.4 Å². The molecule has 1 aromatic carbocycles. The van der Waals surface area contributed by atoms with Gasteiger partial charge in [-0.3, -0.25) is 4.72 Å². The van der Waals surface area contributed by atoms with Gasteiger partial charge in [0.25, 0.3) is 0 Å². The molecule has 1 N–H and O–H groups in total. The molecule has 0 spiro atoms. The van der Waals surface area contributed by atoms with Crippen LogP contribution >= 0.6 is 15.9 Å². The minimum Gasteiger partial charge on any atom is -0.283 e. The van der Waals surface area contributed by atoms with Crippen LogP contribution in [-0.2, 0) is 15.4 Å². The number of anilines is 1. The van der Waals surface area contributed by atoms with Gasteiger partial charge in [-0.05, 0) is 39.0 Å². The summed E-state index contributed by atoms with van der Waals surface area (Å²) in [6.45, 7) is 6.33. The molecule has 0 amide bonds. The van der Waals surface area contributed by atoms with E-state index < -0.39 is 10.0 Å². The fourth-order valence-corrected chi connectivity index (χ4v) is 2.45. The first-order chi connectivity index (χ1) is 7.09. The van der Waals surface area contributed by atoms with E-state index in [1.807, 2.05) is 12.1 Å². The lowest BCUT2D eigenvalue weighted by Crippen LogP contribution is -2.13. The first kappa shape index (κ1) is 13.5. The third-order valence-corrected chi connectivity index (χ3v) is 3.38. The van der Waals surface area contributed by atoms with E-state index in [0.717, 1.165) is 16.3 Å². The zero-order valence-corrected chi connectivity index (χ0v) is 12.2. The molecule has 0 atom stereocenters. The molecular weight excluding hydrogens is 290 g/mol. The third-order valence-electron chi connectivity index (χ3n) is 2.13. The monoisotopic (exact) mass is 305 g/mol. The maximum absolute atomic E-state index is 11.1. The molecule has 0 aliphatic rings. The van der Waals surface area contributed by atoms with Crippen molar-refractivity contribution in [2.75, 3.05) is 11.0 Å². The van der Waals surface area contributed by atoms with Crippen LogP contribution in [-0.4, -0.2) is 14.7 Å². The number of sulfonamides is 1. The number of hydrogen-bond acceptors (Lipinski definition) is 2. The van der Waals surface area contributed by atoms with Crippen molar-refractivity contribution in [3.05, 3.63) is 28.2 Å². The molecule has 1 aromatic rings. The Morgan fingerprint density at radius 3 is 2.19 bits per heavy atom. The fraction of sp³-hybridized carbons (Fsp3) is 0.455. The maximum Gasteiger partial charge on any atom is 0.229 e. The summed E-state index contributed by atoms with van der Waals surface area (Å²) in [5.74, 6) is 0. The Morgan fingerprint density at radius 2 is 1.81 bits per heavy atom. The smallest absolute Gasteiger partial charge is 0.229 e. The highest BCUT2D eigenvalue weighted by Crippen LogP contribution is 2.30. The highest BCUT2D eigenvalue weighted by atomic mass is 79.9. The average molecular weight is 306 g/mol. The maximum atomic E-state index is 11.1. The van der Waals surface area contributed by atoms with Crippen LogP contribution < -0.4 is 4.72 Å². The molecule has 0 aliphatic heterocycles. The van der Waals surface area contributed by atoms with Crippen LogP contribution in [0.1, 0.15) is 26.3 Å². The molecule has 3 nitrogen and oxygen atoms in total. The molecule has 5 heteroatoms. The van der Waals surface area contributed by atoms with E-state index in [9.17, 15) is 8.42 Å². The molecule has 0 unspecified atom stereocenters. The first-order valence-corrected chi connectivity index (χ1v) is 7.56. The summed E-state index contributed by atoms with van der Waals surface area (Å²) in [6, 6.07) is 5.64. The molecule has 0 heterocycles. The molecular formula is C11H16BrNO2S. The Hall–Kier alpha value is -0.550. The third kappa shape index (κ3) is 3.79. The van der Waals surface area contributed by atoms with Gasteiger partial charge in [0.15, 0.2) is 0 Å². The van der Waals surface area contributed by atoms with E-state index in [0.29, 0.717) is 5.69 Å². The quantitative estimate of drug-likeness (QED) is 0.912. The van der Waals surface area contributed by atoms with Crippen LogP contribution in [0.25, 0.3) is 0 Å². The van der Waals surface area contributed by atoms with E-state index in [1.54, 1.807) is 6.07 Å². The van der Waals surface area contributed by atoms with Gasteiger partial charge in [0.2, 0.25) is 10.0 Å². The molecule has 90 valence electrons. The summed E-state index contributed by atoms with van der Waals surface area (Å²) in [5.41, 5.74) is 1.76. The molecule has 0 radical (unpaired) electrons. The fourth-order valence-electron chi connectivity index (χ4n) is 1.26. The lowest BCUT2D eigenvalue weighted by molar-refractivity contribution is 0.590. The second-order valence-electron chi connectivity index (χ2n) is 4.82. The Kier molecular flexibility index (Phi) is 3.69. The highest BCUT2D eigenvalue weighted by molar-refractivity contribution is 9.10. The summed E-state index contributed by atoms with van der Waals surface area (Å²) in [7, 11) is -3.23.